The van der Waals surface area contributed by atoms with Gasteiger partial charge < -0.3 is 9.47 Å². The number of ether oxygens (including phenoxy) is 2. The summed E-state index contributed by atoms with van der Waals surface area (Å²) in [6.45, 7) is 5.83. The number of hydrogen-bond acceptors (Lipinski definition) is 5. The lowest BCUT2D eigenvalue weighted by Gasteiger charge is -2.26. The number of rotatable bonds is 4. The fourth-order valence-electron chi connectivity index (χ4n) is 2.87. The normalized spacial score (nSPS) is 25.0. The molecule has 0 spiro atoms. The van der Waals surface area contributed by atoms with E-state index in [1.807, 2.05) is 32.9 Å². The summed E-state index contributed by atoms with van der Waals surface area (Å²) in [6, 6.07) is 0. The number of hydrazone groups is 1. The maximum absolute atomic E-state index is 11.7. The summed E-state index contributed by atoms with van der Waals surface area (Å²) in [5, 5.41) is 4.12. The number of allylic oxidation sites excluding steroid dienone is 5. The lowest BCUT2D eigenvalue weighted by molar-refractivity contribution is -0.121. The van der Waals surface area contributed by atoms with E-state index in [2.05, 4.69) is 10.5 Å². The predicted octanol–water partition coefficient (Wildman–Crippen LogP) is 1.91. The molecular formula is C17H22N2O4S. The van der Waals surface area contributed by atoms with Crippen LogP contribution in [0.5, 0.6) is 0 Å². The van der Waals surface area contributed by atoms with E-state index in [4.69, 9.17) is 9.47 Å². The van der Waals surface area contributed by atoms with Gasteiger partial charge in [-0.2, -0.15) is 5.10 Å². The molecule has 24 heavy (non-hydrogen) atoms. The highest BCUT2D eigenvalue weighted by atomic mass is 32.1. The van der Waals surface area contributed by atoms with Gasteiger partial charge >= 0.3 is 0 Å². The summed E-state index contributed by atoms with van der Waals surface area (Å²) in [5.41, 5.74) is 5.17. The van der Waals surface area contributed by atoms with Crippen molar-refractivity contribution < 1.29 is 18.5 Å². The molecule has 0 saturated carbocycles. The minimum Gasteiger partial charge on any atom is -0.493 e. The standard InChI is InChI=1S/C17H22N2O4S/c1-9(7-13-10(2)8-14(20)19-18-13)12-6-11(3)15(22-4)16(23-5)17(12)24-21/h6-7,10,12H,8H2,1-5H3,(H,19,20). The number of amides is 1. The molecule has 1 aliphatic carbocycles. The van der Waals surface area contributed by atoms with Crippen LogP contribution in [0.4, 0.5) is 0 Å². The smallest absolute Gasteiger partial charge is 0.240 e. The topological polar surface area (TPSA) is 77.0 Å². The molecule has 0 aromatic heterocycles. The minimum absolute atomic E-state index is 0.0395. The first kappa shape index (κ1) is 18.2. The number of carbonyl (C=O) groups is 1. The molecule has 0 aromatic rings. The Morgan fingerprint density at radius 3 is 2.58 bits per heavy atom. The van der Waals surface area contributed by atoms with Gasteiger partial charge in [-0.15, -0.1) is 0 Å². The van der Waals surface area contributed by atoms with Gasteiger partial charge in [0.2, 0.25) is 5.91 Å². The van der Waals surface area contributed by atoms with Crippen LogP contribution in [-0.2, 0) is 25.5 Å². The quantitative estimate of drug-likeness (QED) is 0.786. The number of hydrogen-bond donors (Lipinski definition) is 1. The van der Waals surface area contributed by atoms with Gasteiger partial charge in [0.15, 0.2) is 11.5 Å². The van der Waals surface area contributed by atoms with E-state index in [9.17, 15) is 9.00 Å². The summed E-state index contributed by atoms with van der Waals surface area (Å²) in [5.74, 6) is 0.812. The lowest BCUT2D eigenvalue weighted by Crippen LogP contribution is -2.31. The molecule has 0 aromatic carbocycles. The molecule has 2 aliphatic rings. The molecular weight excluding hydrogens is 328 g/mol. The average molecular weight is 350 g/mol. The van der Waals surface area contributed by atoms with E-state index in [1.165, 1.54) is 7.11 Å². The number of carbonyl (C=O) groups excluding carboxylic acids is 1. The van der Waals surface area contributed by atoms with Crippen molar-refractivity contribution in [3.8, 4) is 0 Å². The van der Waals surface area contributed by atoms with Crippen LogP contribution >= 0.6 is 0 Å². The third-order valence-electron chi connectivity index (χ3n) is 4.16. The minimum atomic E-state index is -0.200. The predicted molar refractivity (Wildman–Crippen MR) is 94.6 cm³/mol. The Balaban J connectivity index is 2.41. The van der Waals surface area contributed by atoms with E-state index in [0.717, 1.165) is 16.9 Å². The van der Waals surface area contributed by atoms with Gasteiger partial charge in [-0.3, -0.25) is 4.79 Å². The van der Waals surface area contributed by atoms with Crippen LogP contribution in [0, 0.1) is 11.8 Å². The Hall–Kier alpha value is -2.15. The molecule has 6 nitrogen and oxygen atoms in total. The van der Waals surface area contributed by atoms with Crippen LogP contribution in [0.25, 0.3) is 0 Å². The molecule has 1 aliphatic heterocycles. The zero-order chi connectivity index (χ0) is 17.9. The molecule has 0 fully saturated rings. The molecule has 2 rings (SSSR count). The van der Waals surface area contributed by atoms with Crippen molar-refractivity contribution in [2.24, 2.45) is 16.9 Å². The highest BCUT2D eigenvalue weighted by molar-refractivity contribution is 7.67. The third-order valence-corrected chi connectivity index (χ3v) is 4.78. The summed E-state index contributed by atoms with van der Waals surface area (Å²) in [6.07, 6.45) is 4.33. The van der Waals surface area contributed by atoms with Gasteiger partial charge in [0, 0.05) is 18.3 Å². The molecule has 2 unspecified atom stereocenters. The molecule has 7 heteroatoms. The number of nitrogens with one attached hydrogen (secondary N) is 1. The van der Waals surface area contributed by atoms with Crippen molar-refractivity contribution in [3.05, 3.63) is 34.8 Å². The summed E-state index contributed by atoms with van der Waals surface area (Å²) >= 11 is 0.408. The number of nitrogens with zero attached hydrogens (tertiary/aromatic N) is 1. The van der Waals surface area contributed by atoms with Gasteiger partial charge in [-0.05, 0) is 25.5 Å². The van der Waals surface area contributed by atoms with Crippen LogP contribution < -0.4 is 5.43 Å². The zero-order valence-corrected chi connectivity index (χ0v) is 15.3. The second kappa shape index (κ2) is 7.61. The molecule has 1 heterocycles. The van der Waals surface area contributed by atoms with Gasteiger partial charge in [0.25, 0.3) is 0 Å². The van der Waals surface area contributed by atoms with Gasteiger partial charge in [-0.1, -0.05) is 18.6 Å². The molecule has 0 radical (unpaired) electrons. The molecule has 1 amide bonds. The van der Waals surface area contributed by atoms with Crippen LogP contribution in [0.3, 0.4) is 0 Å². The third kappa shape index (κ3) is 3.51. The van der Waals surface area contributed by atoms with Crippen LogP contribution in [0.2, 0.25) is 0 Å². The SMILES string of the molecule is COC1=C(OC)C(=S=O)C(C(C)=CC2=NNC(=O)CC2C)C=C1C. The average Bonchev–Trinajstić information content (AvgIpc) is 2.56. The summed E-state index contributed by atoms with van der Waals surface area (Å²) in [4.78, 5) is 11.9. The molecule has 0 saturated heterocycles. The largest absolute Gasteiger partial charge is 0.493 e. The van der Waals surface area contributed by atoms with E-state index in [1.54, 1.807) is 7.11 Å². The zero-order valence-electron chi connectivity index (χ0n) is 14.5. The second-order valence-electron chi connectivity index (χ2n) is 5.91. The Labute approximate surface area is 145 Å². The van der Waals surface area contributed by atoms with Gasteiger partial charge in [0.05, 0.1) is 31.2 Å². The fourth-order valence-corrected chi connectivity index (χ4v) is 3.48. The first-order valence-corrected chi connectivity index (χ1v) is 8.39. The van der Waals surface area contributed by atoms with Crippen LogP contribution in [0.1, 0.15) is 27.2 Å². The van der Waals surface area contributed by atoms with Crippen molar-refractivity contribution in [1.29, 1.82) is 0 Å². The maximum Gasteiger partial charge on any atom is 0.240 e. The second-order valence-corrected chi connectivity index (χ2v) is 6.51. The monoisotopic (exact) mass is 350 g/mol. The van der Waals surface area contributed by atoms with E-state index < -0.39 is 0 Å². The van der Waals surface area contributed by atoms with Crippen molar-refractivity contribution in [1.82, 2.24) is 5.43 Å². The Morgan fingerprint density at radius 1 is 1.38 bits per heavy atom. The van der Waals surface area contributed by atoms with E-state index >= 15 is 0 Å². The summed E-state index contributed by atoms with van der Waals surface area (Å²) < 4.78 is 22.5. The molecule has 1 N–H and O–H groups in total. The lowest BCUT2D eigenvalue weighted by atomic mass is 9.86. The Morgan fingerprint density at radius 2 is 2.04 bits per heavy atom. The molecule has 2 atom stereocenters. The molecule has 0 bridgehead atoms. The van der Waals surface area contributed by atoms with Gasteiger partial charge in [-0.25, -0.2) is 9.63 Å². The van der Waals surface area contributed by atoms with Crippen molar-refractivity contribution >= 4 is 27.7 Å². The van der Waals surface area contributed by atoms with Crippen molar-refractivity contribution in [2.45, 2.75) is 27.2 Å². The van der Waals surface area contributed by atoms with Crippen molar-refractivity contribution in [3.63, 3.8) is 0 Å². The first-order chi connectivity index (χ1) is 11.4. The fraction of sp³-hybridized carbons (Fsp3) is 0.471. The van der Waals surface area contributed by atoms with E-state index in [0.29, 0.717) is 34.1 Å². The van der Waals surface area contributed by atoms with E-state index in [-0.39, 0.29) is 17.7 Å². The van der Waals surface area contributed by atoms with Crippen LogP contribution in [-0.4, -0.2) is 34.9 Å². The molecule has 130 valence electrons. The van der Waals surface area contributed by atoms with Crippen molar-refractivity contribution in [2.75, 3.05) is 14.2 Å². The van der Waals surface area contributed by atoms with Gasteiger partial charge in [0.1, 0.15) is 4.86 Å². The summed E-state index contributed by atoms with van der Waals surface area (Å²) in [7, 11) is 3.09. The first-order valence-electron chi connectivity index (χ1n) is 7.65. The van der Waals surface area contributed by atoms with Crippen LogP contribution in [0.15, 0.2) is 39.9 Å². The Bertz CT molecular complexity index is 727. The highest BCUT2D eigenvalue weighted by Gasteiger charge is 2.30. The highest BCUT2D eigenvalue weighted by Crippen LogP contribution is 2.31. The maximum atomic E-state index is 11.7. The Kier molecular flexibility index (Phi) is 5.77. The number of methoxy groups -OCH3 is 2.